The van der Waals surface area contributed by atoms with Gasteiger partial charge < -0.3 is 10.1 Å². The maximum absolute atomic E-state index is 5.44. The monoisotopic (exact) mass is 236 g/mol. The van der Waals surface area contributed by atoms with Gasteiger partial charge in [0.2, 0.25) is 0 Å². The van der Waals surface area contributed by atoms with E-state index >= 15 is 0 Å². The maximum Gasteiger partial charge on any atom is 0.0623 e. The summed E-state index contributed by atoms with van der Waals surface area (Å²) in [6.07, 6.45) is 2.03. The molecule has 0 spiro atoms. The molecule has 0 saturated carbocycles. The van der Waals surface area contributed by atoms with E-state index < -0.39 is 0 Å². The first-order valence-electron chi connectivity index (χ1n) is 6.14. The zero-order valence-corrected chi connectivity index (χ0v) is 11.6. The summed E-state index contributed by atoms with van der Waals surface area (Å²) >= 11 is 0. The minimum Gasteiger partial charge on any atom is -0.379 e. The van der Waals surface area contributed by atoms with Gasteiger partial charge in [-0.3, -0.25) is 4.98 Å². The van der Waals surface area contributed by atoms with Gasteiger partial charge in [-0.1, -0.05) is 6.07 Å². The molecule has 0 aliphatic rings. The Kier molecular flexibility index (Phi) is 5.09. The molecule has 0 fully saturated rings. The normalized spacial score (nSPS) is 13.7. The molecule has 0 aliphatic carbocycles. The average Bonchev–Trinajstić information content (AvgIpc) is 2.30. The molecule has 1 N–H and O–H groups in total. The van der Waals surface area contributed by atoms with Gasteiger partial charge in [-0.25, -0.2) is 0 Å². The Morgan fingerprint density at radius 3 is 2.65 bits per heavy atom. The number of nitrogens with zero attached hydrogens (tertiary/aromatic N) is 1. The lowest BCUT2D eigenvalue weighted by atomic mass is 9.97. The molecule has 17 heavy (non-hydrogen) atoms. The standard InChI is InChI=1S/C14H24N2O/c1-11-7-6-8-13(16-11)12(15-4)9-10-14(2,3)17-5/h6-8,12,15H,9-10H2,1-5H3. The maximum atomic E-state index is 5.44. The summed E-state index contributed by atoms with van der Waals surface area (Å²) < 4.78 is 5.44. The van der Waals surface area contributed by atoms with Crippen LogP contribution in [0.1, 0.15) is 44.1 Å². The lowest BCUT2D eigenvalue weighted by Crippen LogP contribution is -2.26. The van der Waals surface area contributed by atoms with Crippen molar-refractivity contribution in [2.45, 2.75) is 45.3 Å². The molecule has 1 heterocycles. The van der Waals surface area contributed by atoms with E-state index in [1.807, 2.05) is 20.0 Å². The zero-order chi connectivity index (χ0) is 12.9. The predicted octanol–water partition coefficient (Wildman–Crippen LogP) is 2.86. The fraction of sp³-hybridized carbons (Fsp3) is 0.643. The number of pyridine rings is 1. The van der Waals surface area contributed by atoms with E-state index in [9.17, 15) is 0 Å². The fourth-order valence-electron chi connectivity index (χ4n) is 1.79. The van der Waals surface area contributed by atoms with Gasteiger partial charge in [0.25, 0.3) is 0 Å². The predicted molar refractivity (Wildman–Crippen MR) is 71.1 cm³/mol. The highest BCUT2D eigenvalue weighted by Crippen LogP contribution is 2.23. The van der Waals surface area contributed by atoms with Gasteiger partial charge in [0.1, 0.15) is 0 Å². The molecule has 0 bridgehead atoms. The molecule has 96 valence electrons. The molecule has 1 unspecified atom stereocenters. The lowest BCUT2D eigenvalue weighted by molar-refractivity contribution is 0.0117. The molecule has 0 aliphatic heterocycles. The summed E-state index contributed by atoms with van der Waals surface area (Å²) in [7, 11) is 3.74. The quantitative estimate of drug-likeness (QED) is 0.824. The van der Waals surface area contributed by atoms with E-state index in [0.29, 0.717) is 6.04 Å². The number of methoxy groups -OCH3 is 1. The van der Waals surface area contributed by atoms with E-state index in [0.717, 1.165) is 24.2 Å². The smallest absolute Gasteiger partial charge is 0.0623 e. The van der Waals surface area contributed by atoms with Gasteiger partial charge in [0.15, 0.2) is 0 Å². The highest BCUT2D eigenvalue weighted by atomic mass is 16.5. The highest BCUT2D eigenvalue weighted by Gasteiger charge is 2.20. The van der Waals surface area contributed by atoms with Crippen molar-refractivity contribution >= 4 is 0 Å². The van der Waals surface area contributed by atoms with Crippen LogP contribution < -0.4 is 5.32 Å². The largest absolute Gasteiger partial charge is 0.379 e. The molecule has 1 atom stereocenters. The lowest BCUT2D eigenvalue weighted by Gasteiger charge is -2.25. The third-order valence-corrected chi connectivity index (χ3v) is 3.20. The van der Waals surface area contributed by atoms with Gasteiger partial charge in [0.05, 0.1) is 11.3 Å². The summed E-state index contributed by atoms with van der Waals surface area (Å²) in [5.74, 6) is 0. The molecule has 3 nitrogen and oxygen atoms in total. The van der Waals surface area contributed by atoms with E-state index in [1.165, 1.54) is 0 Å². The number of hydrogen-bond acceptors (Lipinski definition) is 3. The van der Waals surface area contributed by atoms with Crippen LogP contribution in [0.4, 0.5) is 0 Å². The Morgan fingerprint density at radius 2 is 2.12 bits per heavy atom. The van der Waals surface area contributed by atoms with E-state index in [1.54, 1.807) is 7.11 Å². The van der Waals surface area contributed by atoms with Crippen LogP contribution in [-0.4, -0.2) is 24.7 Å². The summed E-state index contributed by atoms with van der Waals surface area (Å²) in [5.41, 5.74) is 2.10. The van der Waals surface area contributed by atoms with Crippen LogP contribution in [0.2, 0.25) is 0 Å². The van der Waals surface area contributed by atoms with Crippen molar-refractivity contribution in [3.8, 4) is 0 Å². The third kappa shape index (κ3) is 4.44. The Bertz CT molecular complexity index is 350. The van der Waals surface area contributed by atoms with Crippen LogP contribution in [0, 0.1) is 6.92 Å². The molecule has 1 rings (SSSR count). The summed E-state index contributed by atoms with van der Waals surface area (Å²) in [4.78, 5) is 4.57. The zero-order valence-electron chi connectivity index (χ0n) is 11.6. The highest BCUT2D eigenvalue weighted by molar-refractivity contribution is 5.13. The van der Waals surface area contributed by atoms with Gasteiger partial charge in [-0.05, 0) is 52.8 Å². The second-order valence-corrected chi connectivity index (χ2v) is 5.05. The second-order valence-electron chi connectivity index (χ2n) is 5.05. The van der Waals surface area contributed by atoms with E-state index in [2.05, 4.69) is 36.3 Å². The topological polar surface area (TPSA) is 34.1 Å². The molecule has 0 amide bonds. The number of nitrogens with one attached hydrogen (secondary N) is 1. The second kappa shape index (κ2) is 6.12. The van der Waals surface area contributed by atoms with Crippen molar-refractivity contribution in [3.63, 3.8) is 0 Å². The summed E-state index contributed by atoms with van der Waals surface area (Å²) in [6, 6.07) is 6.46. The first-order chi connectivity index (χ1) is 7.98. The number of aryl methyl sites for hydroxylation is 1. The molecule has 0 saturated heterocycles. The van der Waals surface area contributed by atoms with Crippen molar-refractivity contribution in [1.29, 1.82) is 0 Å². The molecule has 3 heteroatoms. The molecular weight excluding hydrogens is 212 g/mol. The van der Waals surface area contributed by atoms with Gasteiger partial charge in [-0.2, -0.15) is 0 Å². The van der Waals surface area contributed by atoms with Crippen LogP contribution in [0.5, 0.6) is 0 Å². The van der Waals surface area contributed by atoms with E-state index in [-0.39, 0.29) is 5.60 Å². The van der Waals surface area contributed by atoms with E-state index in [4.69, 9.17) is 4.74 Å². The van der Waals surface area contributed by atoms with Crippen molar-refractivity contribution in [2.24, 2.45) is 0 Å². The molecular formula is C14H24N2O. The van der Waals surface area contributed by atoms with Crippen molar-refractivity contribution < 1.29 is 4.74 Å². The number of ether oxygens (including phenoxy) is 1. The van der Waals surface area contributed by atoms with Crippen LogP contribution >= 0.6 is 0 Å². The van der Waals surface area contributed by atoms with Gasteiger partial charge >= 0.3 is 0 Å². The Morgan fingerprint density at radius 1 is 1.41 bits per heavy atom. The number of aromatic nitrogens is 1. The third-order valence-electron chi connectivity index (χ3n) is 3.20. The molecule has 1 aromatic heterocycles. The molecule has 0 aromatic carbocycles. The summed E-state index contributed by atoms with van der Waals surface area (Å²) in [6.45, 7) is 6.25. The van der Waals surface area contributed by atoms with Gasteiger partial charge in [0, 0.05) is 18.8 Å². The molecule has 1 aromatic rings. The Balaban J connectivity index is 2.66. The average molecular weight is 236 g/mol. The van der Waals surface area contributed by atoms with Gasteiger partial charge in [-0.15, -0.1) is 0 Å². The Hall–Kier alpha value is -0.930. The van der Waals surface area contributed by atoms with Crippen molar-refractivity contribution in [2.75, 3.05) is 14.2 Å². The van der Waals surface area contributed by atoms with Crippen molar-refractivity contribution in [1.82, 2.24) is 10.3 Å². The minimum absolute atomic E-state index is 0.0705. The Labute approximate surface area is 105 Å². The summed E-state index contributed by atoms with van der Waals surface area (Å²) in [5, 5.41) is 3.32. The van der Waals surface area contributed by atoms with Crippen LogP contribution in [-0.2, 0) is 4.74 Å². The SMILES string of the molecule is CNC(CCC(C)(C)OC)c1cccc(C)n1. The van der Waals surface area contributed by atoms with Crippen LogP contribution in [0.3, 0.4) is 0 Å². The number of rotatable bonds is 6. The van der Waals surface area contributed by atoms with Crippen molar-refractivity contribution in [3.05, 3.63) is 29.6 Å². The fourth-order valence-corrected chi connectivity index (χ4v) is 1.79. The van der Waals surface area contributed by atoms with Crippen LogP contribution in [0.25, 0.3) is 0 Å². The minimum atomic E-state index is -0.0705. The molecule has 0 radical (unpaired) electrons. The first kappa shape index (κ1) is 14.1. The number of hydrogen-bond donors (Lipinski definition) is 1. The van der Waals surface area contributed by atoms with Crippen LogP contribution in [0.15, 0.2) is 18.2 Å². The first-order valence-corrected chi connectivity index (χ1v) is 6.14.